The molecule has 0 saturated heterocycles. The van der Waals surface area contributed by atoms with Crippen LogP contribution in [-0.4, -0.2) is 34.8 Å². The predicted molar refractivity (Wildman–Crippen MR) is 130 cm³/mol. The molecule has 10 heteroatoms. The minimum absolute atomic E-state index is 0.118. The van der Waals surface area contributed by atoms with Crippen molar-refractivity contribution in [3.05, 3.63) is 84.6 Å². The summed E-state index contributed by atoms with van der Waals surface area (Å²) in [6.45, 7) is 1.42. The molecular formula is C22H23N5O3S2. The predicted octanol–water partition coefficient (Wildman–Crippen LogP) is 3.01. The largest absolute Gasteiger partial charge is 0.383 e. The number of nitrogens with one attached hydrogen (secondary N) is 1. The standard InChI is InChI=1S/C22H23N5O3S2/c1-30-9-8-26(12-17-14-32-21(24-17)16-7-10-31-13-16)18-19(23)27(22(29)25-20(18)28)11-15-5-3-2-4-6-15/h2-7,10,13-14H,8-9,11-12,23H2,1H3,(H,25,28,29). The summed E-state index contributed by atoms with van der Waals surface area (Å²) >= 11 is 3.17. The van der Waals surface area contributed by atoms with Crippen LogP contribution in [0, 0.1) is 0 Å². The van der Waals surface area contributed by atoms with Crippen molar-refractivity contribution >= 4 is 34.2 Å². The maximum absolute atomic E-state index is 12.8. The van der Waals surface area contributed by atoms with Crippen molar-refractivity contribution in [2.45, 2.75) is 13.1 Å². The first-order valence-electron chi connectivity index (χ1n) is 9.94. The molecule has 4 aromatic rings. The molecule has 3 heterocycles. The number of H-pyrrole nitrogens is 1. The zero-order valence-corrected chi connectivity index (χ0v) is 19.1. The van der Waals surface area contributed by atoms with Gasteiger partial charge in [-0.15, -0.1) is 11.3 Å². The Morgan fingerprint density at radius 1 is 1.19 bits per heavy atom. The van der Waals surface area contributed by atoms with Gasteiger partial charge >= 0.3 is 5.69 Å². The van der Waals surface area contributed by atoms with Crippen molar-refractivity contribution in [3.63, 3.8) is 0 Å². The number of hydrogen-bond donors (Lipinski definition) is 2. The number of hydrogen-bond acceptors (Lipinski definition) is 8. The summed E-state index contributed by atoms with van der Waals surface area (Å²) in [6.07, 6.45) is 0. The van der Waals surface area contributed by atoms with E-state index in [2.05, 4.69) is 4.98 Å². The van der Waals surface area contributed by atoms with Crippen molar-refractivity contribution < 1.29 is 4.74 Å². The highest BCUT2D eigenvalue weighted by atomic mass is 32.1. The highest BCUT2D eigenvalue weighted by Gasteiger charge is 2.20. The maximum atomic E-state index is 12.8. The molecule has 8 nitrogen and oxygen atoms in total. The van der Waals surface area contributed by atoms with Crippen LogP contribution in [0.4, 0.5) is 11.5 Å². The molecule has 0 bridgehead atoms. The normalized spacial score (nSPS) is 11.0. The number of ether oxygens (including phenoxy) is 1. The van der Waals surface area contributed by atoms with E-state index in [1.165, 1.54) is 4.57 Å². The van der Waals surface area contributed by atoms with Crippen LogP contribution in [0.15, 0.2) is 62.1 Å². The highest BCUT2D eigenvalue weighted by molar-refractivity contribution is 7.14. The first-order valence-corrected chi connectivity index (χ1v) is 11.8. The summed E-state index contributed by atoms with van der Waals surface area (Å²) < 4.78 is 6.62. The molecule has 0 radical (unpaired) electrons. The quantitative estimate of drug-likeness (QED) is 0.390. The van der Waals surface area contributed by atoms with Crippen LogP contribution in [-0.2, 0) is 17.8 Å². The molecule has 0 aliphatic rings. The van der Waals surface area contributed by atoms with Gasteiger partial charge in [0.1, 0.15) is 16.5 Å². The molecule has 32 heavy (non-hydrogen) atoms. The summed E-state index contributed by atoms with van der Waals surface area (Å²) in [5.74, 6) is 0.118. The molecule has 166 valence electrons. The Hall–Kier alpha value is -3.21. The van der Waals surface area contributed by atoms with Crippen molar-refractivity contribution in [1.82, 2.24) is 14.5 Å². The lowest BCUT2D eigenvalue weighted by atomic mass is 10.2. The van der Waals surface area contributed by atoms with E-state index in [1.54, 1.807) is 29.8 Å². The number of benzene rings is 1. The Balaban J connectivity index is 1.69. The molecule has 0 aliphatic carbocycles. The number of thiazole rings is 1. The number of methoxy groups -OCH3 is 1. The van der Waals surface area contributed by atoms with Gasteiger partial charge < -0.3 is 15.4 Å². The van der Waals surface area contributed by atoms with E-state index >= 15 is 0 Å². The van der Waals surface area contributed by atoms with Gasteiger partial charge in [0.05, 0.1) is 25.4 Å². The van der Waals surface area contributed by atoms with E-state index in [4.69, 9.17) is 15.5 Å². The Morgan fingerprint density at radius 2 is 2.00 bits per heavy atom. The van der Waals surface area contributed by atoms with Crippen LogP contribution in [0.3, 0.4) is 0 Å². The first-order chi connectivity index (χ1) is 15.6. The fourth-order valence-corrected chi connectivity index (χ4v) is 4.89. The monoisotopic (exact) mass is 469 g/mol. The number of thiophene rings is 1. The van der Waals surface area contributed by atoms with Gasteiger partial charge in [-0.25, -0.2) is 9.78 Å². The molecule has 0 saturated carbocycles. The lowest BCUT2D eigenvalue weighted by molar-refractivity contribution is 0.205. The van der Waals surface area contributed by atoms with E-state index < -0.39 is 11.2 Å². The van der Waals surface area contributed by atoms with E-state index in [1.807, 2.05) is 57.4 Å². The molecule has 0 aliphatic heterocycles. The number of anilines is 2. The number of nitrogens with zero attached hydrogens (tertiary/aromatic N) is 3. The number of aromatic amines is 1. The Bertz CT molecular complexity index is 1280. The molecule has 4 rings (SSSR count). The summed E-state index contributed by atoms with van der Waals surface area (Å²) in [4.78, 5) is 34.3. The minimum Gasteiger partial charge on any atom is -0.383 e. The average molecular weight is 470 g/mol. The van der Waals surface area contributed by atoms with Crippen molar-refractivity contribution in [2.24, 2.45) is 0 Å². The van der Waals surface area contributed by atoms with Gasteiger partial charge in [-0.1, -0.05) is 30.3 Å². The van der Waals surface area contributed by atoms with Crippen LogP contribution >= 0.6 is 22.7 Å². The average Bonchev–Trinajstić information content (AvgIpc) is 3.47. The van der Waals surface area contributed by atoms with Gasteiger partial charge in [-0.05, 0) is 17.0 Å². The molecule has 3 aromatic heterocycles. The van der Waals surface area contributed by atoms with Crippen molar-refractivity contribution in [3.8, 4) is 10.6 Å². The lowest BCUT2D eigenvalue weighted by Crippen LogP contribution is -2.39. The first kappa shape index (κ1) is 22.0. The number of aromatic nitrogens is 3. The van der Waals surface area contributed by atoms with Gasteiger partial charge in [-0.3, -0.25) is 14.3 Å². The van der Waals surface area contributed by atoms with Crippen LogP contribution in [0.2, 0.25) is 0 Å². The van der Waals surface area contributed by atoms with Gasteiger partial charge in [0.15, 0.2) is 0 Å². The SMILES string of the molecule is COCCN(Cc1csc(-c2ccsc2)n1)c1c(N)n(Cc2ccccc2)c(=O)[nH]c1=O. The summed E-state index contributed by atoms with van der Waals surface area (Å²) in [6, 6.07) is 11.5. The second-order valence-corrected chi connectivity index (χ2v) is 8.77. The zero-order chi connectivity index (χ0) is 22.5. The third kappa shape index (κ3) is 4.82. The summed E-state index contributed by atoms with van der Waals surface area (Å²) in [5.41, 5.74) is 8.35. The molecular weight excluding hydrogens is 446 g/mol. The van der Waals surface area contributed by atoms with E-state index in [0.29, 0.717) is 19.7 Å². The van der Waals surface area contributed by atoms with Gasteiger partial charge in [0.25, 0.3) is 5.56 Å². The van der Waals surface area contributed by atoms with E-state index in [-0.39, 0.29) is 18.1 Å². The highest BCUT2D eigenvalue weighted by Crippen LogP contribution is 2.27. The number of nitrogen functional groups attached to an aromatic ring is 1. The molecule has 0 unspecified atom stereocenters. The Labute approximate surface area is 192 Å². The fraction of sp³-hybridized carbons (Fsp3) is 0.227. The second kappa shape index (κ2) is 9.94. The lowest BCUT2D eigenvalue weighted by Gasteiger charge is -2.25. The van der Waals surface area contributed by atoms with Crippen molar-refractivity contribution in [1.29, 1.82) is 0 Å². The van der Waals surface area contributed by atoms with Gasteiger partial charge in [0.2, 0.25) is 0 Å². The number of nitrogens with two attached hydrogens (primary N) is 1. The molecule has 0 spiro atoms. The smallest absolute Gasteiger partial charge is 0.330 e. The fourth-order valence-electron chi connectivity index (χ4n) is 3.37. The molecule has 3 N–H and O–H groups in total. The van der Waals surface area contributed by atoms with E-state index in [0.717, 1.165) is 21.8 Å². The minimum atomic E-state index is -0.541. The second-order valence-electron chi connectivity index (χ2n) is 7.14. The third-order valence-electron chi connectivity index (χ3n) is 4.95. The maximum Gasteiger partial charge on any atom is 0.330 e. The summed E-state index contributed by atoms with van der Waals surface area (Å²) in [5, 5.41) is 6.95. The molecule has 0 amide bonds. The van der Waals surface area contributed by atoms with Crippen LogP contribution in [0.1, 0.15) is 11.3 Å². The Morgan fingerprint density at radius 3 is 2.72 bits per heavy atom. The third-order valence-corrected chi connectivity index (χ3v) is 6.58. The van der Waals surface area contributed by atoms with Crippen LogP contribution in [0.25, 0.3) is 10.6 Å². The van der Waals surface area contributed by atoms with Gasteiger partial charge in [-0.2, -0.15) is 11.3 Å². The number of rotatable bonds is 9. The van der Waals surface area contributed by atoms with Crippen LogP contribution in [0.5, 0.6) is 0 Å². The topological polar surface area (TPSA) is 106 Å². The summed E-state index contributed by atoms with van der Waals surface area (Å²) in [7, 11) is 1.60. The molecule has 0 fully saturated rings. The molecule has 1 aromatic carbocycles. The van der Waals surface area contributed by atoms with E-state index in [9.17, 15) is 9.59 Å². The van der Waals surface area contributed by atoms with Gasteiger partial charge in [0, 0.05) is 30.0 Å². The molecule has 0 atom stereocenters. The Kier molecular flexibility index (Phi) is 6.84. The zero-order valence-electron chi connectivity index (χ0n) is 17.5. The van der Waals surface area contributed by atoms with Crippen molar-refractivity contribution in [2.75, 3.05) is 30.9 Å². The van der Waals surface area contributed by atoms with Crippen LogP contribution < -0.4 is 21.9 Å².